The van der Waals surface area contributed by atoms with Crippen LogP contribution in [-0.2, 0) is 0 Å². The molecule has 1 fully saturated rings. The van der Waals surface area contributed by atoms with E-state index in [1.165, 1.54) is 0 Å². The first-order chi connectivity index (χ1) is 9.27. The molecule has 4 nitrogen and oxygen atoms in total. The molecule has 112 valence electrons. The van der Waals surface area contributed by atoms with Crippen molar-refractivity contribution in [2.45, 2.75) is 6.92 Å². The number of thioether (sulfide) groups is 1. The minimum Gasteiger partial charge on any atom is -0.491 e. The molecule has 1 aliphatic rings. The molecule has 1 heterocycles. The van der Waals surface area contributed by atoms with Gasteiger partial charge in [-0.3, -0.25) is 0 Å². The summed E-state index contributed by atoms with van der Waals surface area (Å²) in [5.74, 6) is 3.84. The van der Waals surface area contributed by atoms with Gasteiger partial charge < -0.3 is 15.4 Å². The summed E-state index contributed by atoms with van der Waals surface area (Å²) in [6, 6.07) is 8.00. The molecule has 1 aromatic carbocycles. The van der Waals surface area contributed by atoms with Gasteiger partial charge in [0.2, 0.25) is 0 Å². The normalized spacial score (nSPS) is 15.7. The van der Waals surface area contributed by atoms with E-state index in [-0.39, 0.29) is 24.0 Å². The average molecular weight is 407 g/mol. The molecule has 0 saturated carbocycles. The van der Waals surface area contributed by atoms with E-state index in [4.69, 9.17) is 10.5 Å². The van der Waals surface area contributed by atoms with Gasteiger partial charge in [0.15, 0.2) is 5.96 Å². The molecule has 0 atom stereocenters. The highest BCUT2D eigenvalue weighted by Gasteiger charge is 2.11. The van der Waals surface area contributed by atoms with Crippen molar-refractivity contribution < 1.29 is 4.74 Å². The Kier molecular flexibility index (Phi) is 8.13. The quantitative estimate of drug-likeness (QED) is 0.360. The number of guanidine groups is 1. The van der Waals surface area contributed by atoms with Crippen molar-refractivity contribution in [2.24, 2.45) is 10.7 Å². The predicted molar refractivity (Wildman–Crippen MR) is 97.5 cm³/mol. The Balaban J connectivity index is 0.00000200. The lowest BCUT2D eigenvalue weighted by Gasteiger charge is -2.27. The number of hydrogen-bond donors (Lipinski definition) is 1. The number of para-hydroxylation sites is 1. The molecule has 2 N–H and O–H groups in total. The second kappa shape index (κ2) is 9.33. The summed E-state index contributed by atoms with van der Waals surface area (Å²) in [5, 5.41) is 0. The molecule has 1 aromatic rings. The van der Waals surface area contributed by atoms with Crippen LogP contribution in [0.3, 0.4) is 0 Å². The van der Waals surface area contributed by atoms with Crippen molar-refractivity contribution in [1.29, 1.82) is 0 Å². The third-order valence-electron chi connectivity index (χ3n) is 3.05. The minimum absolute atomic E-state index is 0. The lowest BCUT2D eigenvalue weighted by atomic mass is 10.2. The number of hydrogen-bond acceptors (Lipinski definition) is 3. The third-order valence-corrected chi connectivity index (χ3v) is 3.99. The van der Waals surface area contributed by atoms with Gasteiger partial charge in [0, 0.05) is 24.6 Å². The van der Waals surface area contributed by atoms with Gasteiger partial charge in [-0.2, -0.15) is 11.8 Å². The van der Waals surface area contributed by atoms with Gasteiger partial charge in [0.25, 0.3) is 0 Å². The van der Waals surface area contributed by atoms with Crippen LogP contribution < -0.4 is 10.5 Å². The van der Waals surface area contributed by atoms with Crippen molar-refractivity contribution in [3.63, 3.8) is 0 Å². The third kappa shape index (κ3) is 5.40. The van der Waals surface area contributed by atoms with E-state index < -0.39 is 0 Å². The molecule has 0 bridgehead atoms. The molecule has 20 heavy (non-hydrogen) atoms. The molecular formula is C14H22IN3OS. The monoisotopic (exact) mass is 407 g/mol. The number of aryl methyl sites for hydroxylation is 1. The summed E-state index contributed by atoms with van der Waals surface area (Å²) in [6.45, 7) is 5.20. The maximum atomic E-state index is 5.97. The number of halogens is 1. The van der Waals surface area contributed by atoms with Crippen LogP contribution in [0.1, 0.15) is 5.56 Å². The second-order valence-corrected chi connectivity index (χ2v) is 5.68. The molecule has 0 unspecified atom stereocenters. The molecule has 1 saturated heterocycles. The van der Waals surface area contributed by atoms with Crippen LogP contribution in [0.2, 0.25) is 0 Å². The molecule has 6 heteroatoms. The highest BCUT2D eigenvalue weighted by molar-refractivity contribution is 14.0. The number of nitrogens with two attached hydrogens (primary N) is 1. The highest BCUT2D eigenvalue weighted by Crippen LogP contribution is 2.15. The summed E-state index contributed by atoms with van der Waals surface area (Å²) in [7, 11) is 0. The maximum absolute atomic E-state index is 5.97. The number of rotatable bonds is 4. The van der Waals surface area contributed by atoms with Gasteiger partial charge in [-0.25, -0.2) is 4.99 Å². The van der Waals surface area contributed by atoms with Gasteiger partial charge in [-0.15, -0.1) is 24.0 Å². The van der Waals surface area contributed by atoms with Gasteiger partial charge in [-0.1, -0.05) is 18.2 Å². The summed E-state index contributed by atoms with van der Waals surface area (Å²) in [5.41, 5.74) is 7.11. The minimum atomic E-state index is 0. The fourth-order valence-electron chi connectivity index (χ4n) is 1.93. The van der Waals surface area contributed by atoms with Gasteiger partial charge in [-0.05, 0) is 18.6 Å². The van der Waals surface area contributed by atoms with E-state index in [2.05, 4.69) is 9.89 Å². The van der Waals surface area contributed by atoms with Crippen molar-refractivity contribution in [3.05, 3.63) is 29.8 Å². The first-order valence-electron chi connectivity index (χ1n) is 6.58. The summed E-state index contributed by atoms with van der Waals surface area (Å²) < 4.78 is 5.69. The maximum Gasteiger partial charge on any atom is 0.191 e. The standard InChI is InChI=1S/C14H21N3OS.HI/c1-12-4-2-3-5-13(12)18-9-6-16-14(15)17-7-10-19-11-8-17;/h2-5H,6-11H2,1H3,(H2,15,16);1H. The van der Waals surface area contributed by atoms with Crippen LogP contribution in [0, 0.1) is 6.92 Å². The van der Waals surface area contributed by atoms with Crippen molar-refractivity contribution >= 4 is 41.7 Å². The first-order valence-corrected chi connectivity index (χ1v) is 7.74. The number of nitrogens with zero attached hydrogens (tertiary/aromatic N) is 2. The molecular weight excluding hydrogens is 385 g/mol. The Morgan fingerprint density at radius 3 is 2.75 bits per heavy atom. The molecule has 1 aliphatic heterocycles. The van der Waals surface area contributed by atoms with Gasteiger partial charge in [0.1, 0.15) is 12.4 Å². The van der Waals surface area contributed by atoms with Crippen molar-refractivity contribution in [3.8, 4) is 5.75 Å². The van der Waals surface area contributed by atoms with E-state index in [1.807, 2.05) is 43.0 Å². The first kappa shape index (κ1) is 17.4. The fraction of sp³-hybridized carbons (Fsp3) is 0.500. The number of aliphatic imine (C=N–C) groups is 1. The van der Waals surface area contributed by atoms with Crippen LogP contribution in [0.4, 0.5) is 0 Å². The fourth-order valence-corrected chi connectivity index (χ4v) is 2.83. The zero-order valence-corrected chi connectivity index (χ0v) is 14.9. The van der Waals surface area contributed by atoms with E-state index >= 15 is 0 Å². The Morgan fingerprint density at radius 2 is 2.05 bits per heavy atom. The largest absolute Gasteiger partial charge is 0.491 e. The zero-order valence-electron chi connectivity index (χ0n) is 11.7. The SMILES string of the molecule is Cc1ccccc1OCCN=C(N)N1CCSCC1.I. The van der Waals surface area contributed by atoms with E-state index in [0.717, 1.165) is 35.9 Å². The topological polar surface area (TPSA) is 50.9 Å². The highest BCUT2D eigenvalue weighted by atomic mass is 127. The molecule has 2 rings (SSSR count). The van der Waals surface area contributed by atoms with Crippen molar-refractivity contribution in [1.82, 2.24) is 4.90 Å². The molecule has 0 aliphatic carbocycles. The number of benzene rings is 1. The van der Waals surface area contributed by atoms with Crippen LogP contribution in [0.25, 0.3) is 0 Å². The van der Waals surface area contributed by atoms with Gasteiger partial charge in [0.05, 0.1) is 6.54 Å². The predicted octanol–water partition coefficient (Wildman–Crippen LogP) is 2.36. The summed E-state index contributed by atoms with van der Waals surface area (Å²) in [6.07, 6.45) is 0. The Morgan fingerprint density at radius 1 is 1.35 bits per heavy atom. The molecule has 0 spiro atoms. The van der Waals surface area contributed by atoms with Crippen LogP contribution >= 0.6 is 35.7 Å². The lowest BCUT2D eigenvalue weighted by molar-refractivity contribution is 0.325. The van der Waals surface area contributed by atoms with Crippen LogP contribution in [0.15, 0.2) is 29.3 Å². The van der Waals surface area contributed by atoms with Crippen LogP contribution in [-0.4, -0.2) is 48.6 Å². The Bertz CT molecular complexity index is 436. The summed E-state index contributed by atoms with van der Waals surface area (Å²) in [4.78, 5) is 6.52. The number of ether oxygens (including phenoxy) is 1. The Labute approximate surface area is 142 Å². The summed E-state index contributed by atoms with van der Waals surface area (Å²) >= 11 is 1.97. The second-order valence-electron chi connectivity index (χ2n) is 4.45. The van der Waals surface area contributed by atoms with E-state index in [9.17, 15) is 0 Å². The smallest absolute Gasteiger partial charge is 0.191 e. The molecule has 0 amide bonds. The van der Waals surface area contributed by atoms with Crippen LogP contribution in [0.5, 0.6) is 5.75 Å². The van der Waals surface area contributed by atoms with Gasteiger partial charge >= 0.3 is 0 Å². The van der Waals surface area contributed by atoms with E-state index in [1.54, 1.807) is 0 Å². The Hall–Kier alpha value is -0.630. The zero-order chi connectivity index (χ0) is 13.5. The molecule has 0 radical (unpaired) electrons. The van der Waals surface area contributed by atoms with E-state index in [0.29, 0.717) is 19.1 Å². The lowest BCUT2D eigenvalue weighted by Crippen LogP contribution is -2.42. The average Bonchev–Trinajstić information content (AvgIpc) is 2.46. The van der Waals surface area contributed by atoms with Crippen molar-refractivity contribution in [2.75, 3.05) is 37.7 Å². The molecule has 0 aromatic heterocycles.